The van der Waals surface area contributed by atoms with Gasteiger partial charge < -0.3 is 15.2 Å². The first-order valence-electron chi connectivity index (χ1n) is 7.16. The number of carbonyl (C=O) groups is 5. The highest BCUT2D eigenvalue weighted by Crippen LogP contribution is 2.40. The summed E-state index contributed by atoms with van der Waals surface area (Å²) in [5.41, 5.74) is 0.0664. The van der Waals surface area contributed by atoms with Gasteiger partial charge in [-0.1, -0.05) is 0 Å². The van der Waals surface area contributed by atoms with Crippen molar-refractivity contribution in [1.82, 2.24) is 10.2 Å². The van der Waals surface area contributed by atoms with Gasteiger partial charge in [0.25, 0.3) is 5.91 Å². The second-order valence-electron chi connectivity index (χ2n) is 5.34. The highest BCUT2D eigenvalue weighted by molar-refractivity contribution is 8.00. The SMILES string of the molecule is CC(=O)OCC1=C(C(=O)O)N2C(=O)[C@H](NC(=O)CC(=O)CCl)[C@H]2SC1. The molecule has 1 saturated heterocycles. The van der Waals surface area contributed by atoms with Crippen molar-refractivity contribution < 1.29 is 33.8 Å². The summed E-state index contributed by atoms with van der Waals surface area (Å²) in [5.74, 6) is -3.67. The van der Waals surface area contributed by atoms with Crippen molar-refractivity contribution in [2.75, 3.05) is 18.2 Å². The number of amides is 2. The molecule has 9 nitrogen and oxygen atoms in total. The third-order valence-electron chi connectivity index (χ3n) is 3.52. The van der Waals surface area contributed by atoms with Gasteiger partial charge in [0.15, 0.2) is 5.78 Å². The van der Waals surface area contributed by atoms with E-state index in [1.54, 1.807) is 0 Å². The van der Waals surface area contributed by atoms with E-state index >= 15 is 0 Å². The molecule has 136 valence electrons. The highest BCUT2D eigenvalue weighted by Gasteiger charge is 2.54. The average molecular weight is 391 g/mol. The summed E-state index contributed by atoms with van der Waals surface area (Å²) in [7, 11) is 0. The zero-order valence-corrected chi connectivity index (χ0v) is 14.7. The molecule has 1 fully saturated rings. The van der Waals surface area contributed by atoms with Gasteiger partial charge in [-0.25, -0.2) is 4.79 Å². The van der Waals surface area contributed by atoms with Gasteiger partial charge in [-0.15, -0.1) is 23.4 Å². The summed E-state index contributed by atoms with van der Waals surface area (Å²) in [5, 5.41) is 11.2. The molecule has 0 aliphatic carbocycles. The number of fused-ring (bicyclic) bond motifs is 1. The van der Waals surface area contributed by atoms with Crippen LogP contribution in [0.25, 0.3) is 0 Å². The van der Waals surface area contributed by atoms with Crippen molar-refractivity contribution >= 4 is 52.9 Å². The van der Waals surface area contributed by atoms with Crippen LogP contribution in [0.4, 0.5) is 0 Å². The van der Waals surface area contributed by atoms with Crippen molar-refractivity contribution in [1.29, 1.82) is 0 Å². The molecule has 0 aromatic rings. The molecule has 0 bridgehead atoms. The first-order valence-corrected chi connectivity index (χ1v) is 8.75. The monoisotopic (exact) mass is 390 g/mol. The number of nitrogens with one attached hydrogen (secondary N) is 1. The third-order valence-corrected chi connectivity index (χ3v) is 5.16. The number of thioether (sulfide) groups is 1. The first-order chi connectivity index (χ1) is 11.8. The van der Waals surface area contributed by atoms with Crippen LogP contribution in [0.15, 0.2) is 11.3 Å². The smallest absolute Gasteiger partial charge is 0.352 e. The zero-order valence-electron chi connectivity index (χ0n) is 13.1. The molecule has 25 heavy (non-hydrogen) atoms. The molecule has 11 heteroatoms. The van der Waals surface area contributed by atoms with Crippen molar-refractivity contribution in [3.8, 4) is 0 Å². The number of carboxylic acids is 1. The fourth-order valence-electron chi connectivity index (χ4n) is 2.43. The Morgan fingerprint density at radius 2 is 2.08 bits per heavy atom. The molecule has 2 N–H and O–H groups in total. The molecule has 0 spiro atoms. The molecule has 2 atom stereocenters. The number of carbonyl (C=O) groups excluding carboxylic acids is 4. The Hall–Kier alpha value is -2.07. The third kappa shape index (κ3) is 4.13. The molecule has 2 aliphatic rings. The number of ether oxygens (including phenoxy) is 1. The lowest BCUT2D eigenvalue weighted by Gasteiger charge is -2.49. The molecular weight excluding hydrogens is 376 g/mol. The Bertz CT molecular complexity index is 678. The number of aliphatic carboxylic acids is 1. The van der Waals surface area contributed by atoms with E-state index in [0.717, 1.165) is 4.90 Å². The second kappa shape index (κ2) is 7.87. The van der Waals surface area contributed by atoms with Crippen LogP contribution in [-0.2, 0) is 28.7 Å². The van der Waals surface area contributed by atoms with Gasteiger partial charge >= 0.3 is 11.9 Å². The van der Waals surface area contributed by atoms with E-state index in [4.69, 9.17) is 16.3 Å². The summed E-state index contributed by atoms with van der Waals surface area (Å²) >= 11 is 6.57. The summed E-state index contributed by atoms with van der Waals surface area (Å²) in [4.78, 5) is 58.6. The molecule has 2 aliphatic heterocycles. The second-order valence-corrected chi connectivity index (χ2v) is 6.71. The lowest BCUT2D eigenvalue weighted by atomic mass is 10.0. The lowest BCUT2D eigenvalue weighted by Crippen LogP contribution is -2.70. The molecule has 2 heterocycles. The van der Waals surface area contributed by atoms with Crippen LogP contribution in [0.2, 0.25) is 0 Å². The largest absolute Gasteiger partial charge is 0.477 e. The number of halogens is 1. The Labute approximate surface area is 151 Å². The molecule has 0 unspecified atom stereocenters. The van der Waals surface area contributed by atoms with Crippen molar-refractivity contribution in [3.05, 3.63) is 11.3 Å². The number of carboxylic acid groups (broad SMARTS) is 1. The summed E-state index contributed by atoms with van der Waals surface area (Å²) in [6.07, 6.45) is -0.440. The maximum Gasteiger partial charge on any atom is 0.352 e. The van der Waals surface area contributed by atoms with E-state index in [1.807, 2.05) is 0 Å². The van der Waals surface area contributed by atoms with E-state index in [2.05, 4.69) is 5.32 Å². The molecule has 0 saturated carbocycles. The van der Waals surface area contributed by atoms with Crippen LogP contribution in [0.3, 0.4) is 0 Å². The lowest BCUT2D eigenvalue weighted by molar-refractivity contribution is -0.151. The summed E-state index contributed by atoms with van der Waals surface area (Å²) < 4.78 is 4.82. The van der Waals surface area contributed by atoms with Crippen LogP contribution >= 0.6 is 23.4 Å². The summed E-state index contributed by atoms with van der Waals surface area (Å²) in [6, 6.07) is -0.912. The first kappa shape index (κ1) is 19.3. The Balaban J connectivity index is 2.10. The quantitative estimate of drug-likeness (QED) is 0.257. The van der Waals surface area contributed by atoms with Gasteiger partial charge in [0.05, 0.1) is 12.3 Å². The number of β-lactam (4-membered cyclic amide) rings is 1. The van der Waals surface area contributed by atoms with Crippen LogP contribution in [0.1, 0.15) is 13.3 Å². The molecule has 2 amide bonds. The Kier molecular flexibility index (Phi) is 6.07. The van der Waals surface area contributed by atoms with Crippen LogP contribution in [0.5, 0.6) is 0 Å². The minimum absolute atomic E-state index is 0.221. The van der Waals surface area contributed by atoms with Gasteiger partial charge in [0.2, 0.25) is 5.91 Å². The molecule has 0 aromatic heterocycles. The van der Waals surface area contributed by atoms with E-state index in [9.17, 15) is 29.1 Å². The van der Waals surface area contributed by atoms with E-state index < -0.39 is 47.4 Å². The predicted octanol–water partition coefficient (Wildman–Crippen LogP) is -0.514. The molecular formula is C14H15ClN2O7S. The van der Waals surface area contributed by atoms with E-state index in [0.29, 0.717) is 5.57 Å². The number of hydrogen-bond donors (Lipinski definition) is 2. The fraction of sp³-hybridized carbons (Fsp3) is 0.500. The number of nitrogens with zero attached hydrogens (tertiary/aromatic N) is 1. The topological polar surface area (TPSA) is 130 Å². The zero-order chi connectivity index (χ0) is 18.7. The Morgan fingerprint density at radius 3 is 2.64 bits per heavy atom. The molecule has 0 radical (unpaired) electrons. The number of hydrogen-bond acceptors (Lipinski definition) is 7. The van der Waals surface area contributed by atoms with Crippen molar-refractivity contribution in [2.45, 2.75) is 24.8 Å². The molecule has 2 rings (SSSR count). The van der Waals surface area contributed by atoms with Crippen LogP contribution in [0, 0.1) is 0 Å². The van der Waals surface area contributed by atoms with Crippen LogP contribution in [-0.4, -0.2) is 69.2 Å². The summed E-state index contributed by atoms with van der Waals surface area (Å²) in [6.45, 7) is 0.976. The number of ketones is 1. The number of esters is 1. The van der Waals surface area contributed by atoms with E-state index in [1.165, 1.54) is 18.7 Å². The maximum absolute atomic E-state index is 12.3. The number of Topliss-reactive ketones (excluding diaryl/α,β-unsaturated/α-hetero) is 1. The maximum atomic E-state index is 12.3. The van der Waals surface area contributed by atoms with E-state index in [-0.39, 0.29) is 23.9 Å². The predicted molar refractivity (Wildman–Crippen MR) is 86.7 cm³/mol. The van der Waals surface area contributed by atoms with Crippen molar-refractivity contribution in [3.63, 3.8) is 0 Å². The van der Waals surface area contributed by atoms with Gasteiger partial charge in [0.1, 0.15) is 23.7 Å². The van der Waals surface area contributed by atoms with Crippen LogP contribution < -0.4 is 5.32 Å². The fourth-order valence-corrected chi connectivity index (χ4v) is 3.86. The van der Waals surface area contributed by atoms with Gasteiger partial charge in [-0.2, -0.15) is 0 Å². The minimum Gasteiger partial charge on any atom is -0.477 e. The standard InChI is InChI=1S/C14H15ClN2O7S/c1-6(18)24-4-7-5-25-13-10(16-9(20)2-8(19)3-15)12(21)17(13)11(7)14(22)23/h10,13H,2-5H2,1H3,(H,16,20)(H,22,23)/t10-,13+/m0/s1. The van der Waals surface area contributed by atoms with Gasteiger partial charge in [0, 0.05) is 18.2 Å². The number of rotatable bonds is 7. The highest BCUT2D eigenvalue weighted by atomic mass is 35.5. The Morgan fingerprint density at radius 1 is 1.40 bits per heavy atom. The molecule has 0 aromatic carbocycles. The van der Waals surface area contributed by atoms with Gasteiger partial charge in [-0.05, 0) is 0 Å². The average Bonchev–Trinajstić information content (AvgIpc) is 2.56. The van der Waals surface area contributed by atoms with Crippen molar-refractivity contribution in [2.24, 2.45) is 0 Å². The minimum atomic E-state index is -1.32. The van der Waals surface area contributed by atoms with Gasteiger partial charge in [-0.3, -0.25) is 24.1 Å². The number of alkyl halides is 1. The normalized spacial score (nSPS) is 22.0.